The molecule has 2 N–H and O–H groups in total. The van der Waals surface area contributed by atoms with Crippen LogP contribution in [0.5, 0.6) is 5.75 Å². The summed E-state index contributed by atoms with van der Waals surface area (Å²) in [6.45, 7) is 2.65. The van der Waals surface area contributed by atoms with Crippen molar-refractivity contribution >= 4 is 5.97 Å². The van der Waals surface area contributed by atoms with Gasteiger partial charge in [-0.3, -0.25) is 4.79 Å². The van der Waals surface area contributed by atoms with Crippen molar-refractivity contribution in [2.75, 3.05) is 6.54 Å². The molecule has 4 heteroatoms. The first-order chi connectivity index (χ1) is 9.13. The van der Waals surface area contributed by atoms with E-state index in [1.165, 1.54) is 11.1 Å². The minimum atomic E-state index is -0.704. The maximum Gasteiger partial charge on any atom is 0.307 e. The van der Waals surface area contributed by atoms with Crippen molar-refractivity contribution in [3.05, 3.63) is 29.3 Å². The molecule has 0 bridgehead atoms. The predicted octanol–water partition coefficient (Wildman–Crippen LogP) is 2.14. The lowest BCUT2D eigenvalue weighted by atomic mass is 9.95. The summed E-state index contributed by atoms with van der Waals surface area (Å²) in [6, 6.07) is 6.41. The summed E-state index contributed by atoms with van der Waals surface area (Å²) in [6.07, 6.45) is 3.05. The van der Waals surface area contributed by atoms with Crippen LogP contribution in [0, 0.1) is 5.92 Å². The van der Waals surface area contributed by atoms with Gasteiger partial charge >= 0.3 is 5.97 Å². The highest BCUT2D eigenvalue weighted by molar-refractivity contribution is 5.70. The smallest absolute Gasteiger partial charge is 0.307 e. The van der Waals surface area contributed by atoms with Gasteiger partial charge in [0.2, 0.25) is 0 Å². The average molecular weight is 261 g/mol. The number of carboxylic acids is 1. The molecular weight excluding hydrogens is 242 g/mol. The van der Waals surface area contributed by atoms with Crippen molar-refractivity contribution in [1.29, 1.82) is 0 Å². The fraction of sp³-hybridized carbons (Fsp3) is 0.533. The van der Waals surface area contributed by atoms with E-state index in [2.05, 4.69) is 24.4 Å². The van der Waals surface area contributed by atoms with Crippen molar-refractivity contribution in [3.63, 3.8) is 0 Å². The first kappa shape index (κ1) is 12.5. The van der Waals surface area contributed by atoms with Gasteiger partial charge in [0.05, 0.1) is 12.0 Å². The number of aryl methyl sites for hydroxylation is 1. The largest absolute Gasteiger partial charge is 0.490 e. The lowest BCUT2D eigenvalue weighted by Crippen LogP contribution is -2.20. The number of hydrogen-bond donors (Lipinski definition) is 2. The van der Waals surface area contributed by atoms with Gasteiger partial charge in [0.25, 0.3) is 0 Å². The zero-order valence-electron chi connectivity index (χ0n) is 11.1. The molecule has 2 heterocycles. The third-order valence-corrected chi connectivity index (χ3v) is 4.12. The molecule has 1 aromatic carbocycles. The molecule has 1 aromatic rings. The summed E-state index contributed by atoms with van der Waals surface area (Å²) >= 11 is 0. The minimum Gasteiger partial charge on any atom is -0.490 e. The third-order valence-electron chi connectivity index (χ3n) is 4.12. The normalized spacial score (nSPS) is 29.6. The summed E-state index contributed by atoms with van der Waals surface area (Å²) in [5.41, 5.74) is 2.43. The quantitative estimate of drug-likeness (QED) is 0.856. The Hall–Kier alpha value is -1.55. The Morgan fingerprint density at radius 3 is 3.05 bits per heavy atom. The van der Waals surface area contributed by atoms with Crippen LogP contribution in [-0.4, -0.2) is 23.7 Å². The number of hydrogen-bond acceptors (Lipinski definition) is 3. The summed E-state index contributed by atoms with van der Waals surface area (Å²) in [5.74, 6) is 0.0118. The maximum atomic E-state index is 11.0. The van der Waals surface area contributed by atoms with E-state index in [-0.39, 0.29) is 12.0 Å². The molecule has 3 unspecified atom stereocenters. The van der Waals surface area contributed by atoms with Crippen LogP contribution >= 0.6 is 0 Å². The Morgan fingerprint density at radius 2 is 2.32 bits per heavy atom. The number of carboxylic acid groups (broad SMARTS) is 1. The van der Waals surface area contributed by atoms with Gasteiger partial charge in [-0.1, -0.05) is 12.1 Å². The molecule has 1 saturated heterocycles. The number of aliphatic carboxylic acids is 1. The van der Waals surface area contributed by atoms with Gasteiger partial charge < -0.3 is 15.2 Å². The van der Waals surface area contributed by atoms with Gasteiger partial charge in [-0.15, -0.1) is 0 Å². The van der Waals surface area contributed by atoms with Crippen molar-refractivity contribution in [2.45, 2.75) is 38.3 Å². The van der Waals surface area contributed by atoms with Crippen LogP contribution in [0.25, 0.3) is 0 Å². The molecule has 3 rings (SSSR count). The Balaban J connectivity index is 1.78. The van der Waals surface area contributed by atoms with E-state index in [0.717, 1.165) is 18.6 Å². The molecule has 2 aliphatic heterocycles. The standard InChI is InChI=1S/C15H19NO3/c1-9-2-3-11-6-10(4-5-14(11)19-9)13-7-12(8-16-13)15(17)18/h4-6,9,12-13,16H,2-3,7-8H2,1H3,(H,17,18). The molecule has 0 amide bonds. The SMILES string of the molecule is CC1CCc2cc(C3CC(C(=O)O)CN3)ccc2O1. The third kappa shape index (κ3) is 2.45. The molecule has 2 aliphatic rings. The zero-order valence-corrected chi connectivity index (χ0v) is 11.1. The molecule has 0 saturated carbocycles. The van der Waals surface area contributed by atoms with Crippen molar-refractivity contribution < 1.29 is 14.6 Å². The Morgan fingerprint density at radius 1 is 1.47 bits per heavy atom. The maximum absolute atomic E-state index is 11.0. The van der Waals surface area contributed by atoms with E-state index in [1.54, 1.807) is 0 Å². The monoisotopic (exact) mass is 261 g/mol. The van der Waals surface area contributed by atoms with Crippen LogP contribution in [0.3, 0.4) is 0 Å². The van der Waals surface area contributed by atoms with Crippen LogP contribution in [0.4, 0.5) is 0 Å². The lowest BCUT2D eigenvalue weighted by molar-refractivity contribution is -0.141. The topological polar surface area (TPSA) is 58.6 Å². The second-order valence-electron chi connectivity index (χ2n) is 5.57. The molecule has 3 atom stereocenters. The van der Waals surface area contributed by atoms with Gasteiger partial charge in [-0.2, -0.15) is 0 Å². The number of benzene rings is 1. The van der Waals surface area contributed by atoms with Gasteiger partial charge in [0, 0.05) is 12.6 Å². The fourth-order valence-corrected chi connectivity index (χ4v) is 2.94. The van der Waals surface area contributed by atoms with Gasteiger partial charge in [-0.25, -0.2) is 0 Å². The highest BCUT2D eigenvalue weighted by atomic mass is 16.5. The molecule has 102 valence electrons. The van der Waals surface area contributed by atoms with E-state index < -0.39 is 5.97 Å². The van der Waals surface area contributed by atoms with Crippen LogP contribution < -0.4 is 10.1 Å². The molecule has 1 fully saturated rings. The van der Waals surface area contributed by atoms with Crippen molar-refractivity contribution in [3.8, 4) is 5.75 Å². The van der Waals surface area contributed by atoms with Crippen LogP contribution in [0.15, 0.2) is 18.2 Å². The number of fused-ring (bicyclic) bond motifs is 1. The molecule has 0 aromatic heterocycles. The zero-order chi connectivity index (χ0) is 13.4. The number of ether oxygens (including phenoxy) is 1. The second-order valence-corrected chi connectivity index (χ2v) is 5.57. The van der Waals surface area contributed by atoms with Crippen molar-refractivity contribution in [2.24, 2.45) is 5.92 Å². The first-order valence-electron chi connectivity index (χ1n) is 6.89. The Bertz CT molecular complexity index is 500. The van der Waals surface area contributed by atoms with E-state index in [9.17, 15) is 4.79 Å². The molecular formula is C15H19NO3. The highest BCUT2D eigenvalue weighted by Gasteiger charge is 2.30. The summed E-state index contributed by atoms with van der Waals surface area (Å²) in [7, 11) is 0. The number of carbonyl (C=O) groups is 1. The van der Waals surface area contributed by atoms with Gasteiger partial charge in [-0.05, 0) is 43.4 Å². The summed E-state index contributed by atoms with van der Waals surface area (Å²) in [4.78, 5) is 11.0. The number of nitrogens with one attached hydrogen (secondary N) is 1. The molecule has 4 nitrogen and oxygen atoms in total. The van der Waals surface area contributed by atoms with E-state index in [0.29, 0.717) is 19.1 Å². The number of rotatable bonds is 2. The fourth-order valence-electron chi connectivity index (χ4n) is 2.94. The molecule has 0 aliphatic carbocycles. The van der Waals surface area contributed by atoms with Gasteiger partial charge in [0.15, 0.2) is 0 Å². The summed E-state index contributed by atoms with van der Waals surface area (Å²) in [5, 5.41) is 12.3. The van der Waals surface area contributed by atoms with Crippen LogP contribution in [0.2, 0.25) is 0 Å². The lowest BCUT2D eigenvalue weighted by Gasteiger charge is -2.24. The van der Waals surface area contributed by atoms with Crippen LogP contribution in [0.1, 0.15) is 36.9 Å². The van der Waals surface area contributed by atoms with Crippen molar-refractivity contribution in [1.82, 2.24) is 5.32 Å². The Labute approximate surface area is 112 Å². The molecule has 0 spiro atoms. The Kier molecular flexibility index (Phi) is 3.19. The molecule has 19 heavy (non-hydrogen) atoms. The van der Waals surface area contributed by atoms with Crippen LogP contribution in [-0.2, 0) is 11.2 Å². The van der Waals surface area contributed by atoms with E-state index >= 15 is 0 Å². The second kappa shape index (κ2) is 4.85. The van der Waals surface area contributed by atoms with Gasteiger partial charge in [0.1, 0.15) is 5.75 Å². The summed E-state index contributed by atoms with van der Waals surface area (Å²) < 4.78 is 5.79. The highest BCUT2D eigenvalue weighted by Crippen LogP contribution is 2.33. The first-order valence-corrected chi connectivity index (χ1v) is 6.89. The minimum absolute atomic E-state index is 0.158. The predicted molar refractivity (Wildman–Crippen MR) is 71.3 cm³/mol. The van der Waals surface area contributed by atoms with E-state index in [1.807, 2.05) is 6.07 Å². The molecule has 0 radical (unpaired) electrons. The van der Waals surface area contributed by atoms with E-state index in [4.69, 9.17) is 9.84 Å². The average Bonchev–Trinajstić information content (AvgIpc) is 2.88.